The Hall–Kier alpha value is -1.97. The summed E-state index contributed by atoms with van der Waals surface area (Å²) in [5.74, 6) is 0.173. The molecule has 0 fully saturated rings. The van der Waals surface area contributed by atoms with Crippen LogP contribution in [0, 0.1) is 0 Å². The SMILES string of the molecule is CCOC(=O)C=C(N)c1ccccc1OC. The van der Waals surface area contributed by atoms with Gasteiger partial charge in [0.2, 0.25) is 0 Å². The molecule has 4 heteroatoms. The van der Waals surface area contributed by atoms with E-state index >= 15 is 0 Å². The Bertz CT molecular complexity index is 399. The number of carbonyl (C=O) groups excluding carboxylic acids is 1. The van der Waals surface area contributed by atoms with Gasteiger partial charge in [-0.2, -0.15) is 0 Å². The average molecular weight is 221 g/mol. The normalized spacial score (nSPS) is 11.0. The fraction of sp³-hybridized carbons (Fsp3) is 0.250. The summed E-state index contributed by atoms with van der Waals surface area (Å²) >= 11 is 0. The summed E-state index contributed by atoms with van der Waals surface area (Å²) in [6, 6.07) is 7.22. The molecular weight excluding hydrogens is 206 g/mol. The van der Waals surface area contributed by atoms with Gasteiger partial charge in [0.25, 0.3) is 0 Å². The fourth-order valence-electron chi connectivity index (χ4n) is 1.27. The number of nitrogens with two attached hydrogens (primary N) is 1. The van der Waals surface area contributed by atoms with Crippen LogP contribution in [0.25, 0.3) is 5.70 Å². The van der Waals surface area contributed by atoms with E-state index in [4.69, 9.17) is 15.2 Å². The topological polar surface area (TPSA) is 61.5 Å². The Labute approximate surface area is 94.7 Å². The van der Waals surface area contributed by atoms with Gasteiger partial charge in [-0.3, -0.25) is 0 Å². The fourth-order valence-corrected chi connectivity index (χ4v) is 1.27. The summed E-state index contributed by atoms with van der Waals surface area (Å²) in [5.41, 5.74) is 6.79. The molecule has 86 valence electrons. The van der Waals surface area contributed by atoms with Gasteiger partial charge in [-0.05, 0) is 19.1 Å². The summed E-state index contributed by atoms with van der Waals surface area (Å²) in [5, 5.41) is 0. The van der Waals surface area contributed by atoms with Crippen LogP contribution in [0.2, 0.25) is 0 Å². The summed E-state index contributed by atoms with van der Waals surface area (Å²) < 4.78 is 9.91. The lowest BCUT2D eigenvalue weighted by Gasteiger charge is -2.07. The number of benzene rings is 1. The number of ether oxygens (including phenoxy) is 2. The van der Waals surface area contributed by atoms with Crippen LogP contribution >= 0.6 is 0 Å². The molecule has 0 bridgehead atoms. The van der Waals surface area contributed by atoms with Crippen LogP contribution in [0.5, 0.6) is 5.75 Å². The van der Waals surface area contributed by atoms with E-state index < -0.39 is 5.97 Å². The summed E-state index contributed by atoms with van der Waals surface area (Å²) in [6.45, 7) is 2.07. The first kappa shape index (κ1) is 12.1. The molecule has 0 unspecified atom stereocenters. The molecule has 1 aromatic rings. The van der Waals surface area contributed by atoms with Crippen molar-refractivity contribution in [2.45, 2.75) is 6.92 Å². The standard InChI is InChI=1S/C12H15NO3/c1-3-16-12(14)8-10(13)9-6-4-5-7-11(9)15-2/h4-8H,3,13H2,1-2H3. The van der Waals surface area contributed by atoms with Crippen molar-refractivity contribution in [2.24, 2.45) is 5.73 Å². The summed E-state index contributed by atoms with van der Waals surface area (Å²) in [7, 11) is 1.55. The van der Waals surface area contributed by atoms with Gasteiger partial charge < -0.3 is 15.2 Å². The van der Waals surface area contributed by atoms with Gasteiger partial charge in [0, 0.05) is 17.3 Å². The minimum absolute atomic E-state index is 0.328. The van der Waals surface area contributed by atoms with Gasteiger partial charge in [-0.15, -0.1) is 0 Å². The molecule has 16 heavy (non-hydrogen) atoms. The van der Waals surface area contributed by atoms with Gasteiger partial charge in [0.05, 0.1) is 13.7 Å². The molecule has 0 aromatic heterocycles. The van der Waals surface area contributed by atoms with Gasteiger partial charge in [-0.1, -0.05) is 12.1 Å². The Balaban J connectivity index is 2.95. The van der Waals surface area contributed by atoms with Crippen LogP contribution in [0.15, 0.2) is 30.3 Å². The molecule has 0 spiro atoms. The van der Waals surface area contributed by atoms with Crippen molar-refractivity contribution < 1.29 is 14.3 Å². The molecule has 0 aliphatic rings. The summed E-state index contributed by atoms with van der Waals surface area (Å²) in [4.78, 5) is 11.2. The third kappa shape index (κ3) is 3.02. The first-order valence-electron chi connectivity index (χ1n) is 4.96. The van der Waals surface area contributed by atoms with Crippen LogP contribution in [0.4, 0.5) is 0 Å². The maximum absolute atomic E-state index is 11.2. The zero-order valence-electron chi connectivity index (χ0n) is 9.40. The maximum atomic E-state index is 11.2. The first-order chi connectivity index (χ1) is 7.69. The van der Waals surface area contributed by atoms with Gasteiger partial charge in [0.1, 0.15) is 5.75 Å². The molecule has 0 saturated carbocycles. The predicted molar refractivity (Wildman–Crippen MR) is 61.8 cm³/mol. The molecule has 1 aromatic carbocycles. The summed E-state index contributed by atoms with van der Waals surface area (Å²) in [6.07, 6.45) is 1.25. The lowest BCUT2D eigenvalue weighted by molar-refractivity contribution is -0.137. The molecule has 1 rings (SSSR count). The highest BCUT2D eigenvalue weighted by molar-refractivity contribution is 5.91. The molecule has 0 radical (unpaired) electrons. The second-order valence-corrected chi connectivity index (χ2v) is 3.05. The van der Waals surface area contributed by atoms with Gasteiger partial charge in [0.15, 0.2) is 0 Å². The number of para-hydroxylation sites is 1. The molecule has 0 amide bonds. The Kier molecular flexibility index (Phi) is 4.39. The third-order valence-corrected chi connectivity index (χ3v) is 1.98. The van der Waals surface area contributed by atoms with E-state index in [1.165, 1.54) is 6.08 Å². The lowest BCUT2D eigenvalue weighted by atomic mass is 10.1. The number of hydrogen-bond acceptors (Lipinski definition) is 4. The quantitative estimate of drug-likeness (QED) is 0.619. The highest BCUT2D eigenvalue weighted by atomic mass is 16.5. The van der Waals surface area contributed by atoms with Crippen molar-refractivity contribution in [3.63, 3.8) is 0 Å². The minimum atomic E-state index is -0.453. The molecule has 0 saturated heterocycles. The molecule has 0 aliphatic heterocycles. The zero-order chi connectivity index (χ0) is 12.0. The first-order valence-corrected chi connectivity index (χ1v) is 4.96. The van der Waals surface area contributed by atoms with Crippen molar-refractivity contribution in [1.29, 1.82) is 0 Å². The van der Waals surface area contributed by atoms with Crippen LogP contribution in [0.3, 0.4) is 0 Å². The maximum Gasteiger partial charge on any atom is 0.332 e. The molecule has 0 aliphatic carbocycles. The van der Waals surface area contributed by atoms with E-state index in [1.807, 2.05) is 12.1 Å². The lowest BCUT2D eigenvalue weighted by Crippen LogP contribution is -2.06. The molecule has 0 atom stereocenters. The minimum Gasteiger partial charge on any atom is -0.496 e. The number of carbonyl (C=O) groups is 1. The number of hydrogen-bond donors (Lipinski definition) is 1. The second-order valence-electron chi connectivity index (χ2n) is 3.05. The van der Waals surface area contributed by atoms with Gasteiger partial charge in [-0.25, -0.2) is 4.79 Å². The predicted octanol–water partition coefficient (Wildman–Crippen LogP) is 1.56. The average Bonchev–Trinajstić information content (AvgIpc) is 2.29. The second kappa shape index (κ2) is 5.80. The van der Waals surface area contributed by atoms with Gasteiger partial charge >= 0.3 is 5.97 Å². The Morgan fingerprint density at radius 1 is 1.44 bits per heavy atom. The van der Waals surface area contributed by atoms with Crippen molar-refractivity contribution in [3.05, 3.63) is 35.9 Å². The number of rotatable bonds is 4. The Morgan fingerprint density at radius 2 is 2.12 bits per heavy atom. The van der Waals surface area contributed by atoms with E-state index in [-0.39, 0.29) is 0 Å². The molecule has 2 N–H and O–H groups in total. The monoisotopic (exact) mass is 221 g/mol. The number of methoxy groups -OCH3 is 1. The van der Waals surface area contributed by atoms with E-state index in [1.54, 1.807) is 26.2 Å². The van der Waals surface area contributed by atoms with Crippen molar-refractivity contribution in [3.8, 4) is 5.75 Å². The van der Waals surface area contributed by atoms with Crippen LogP contribution < -0.4 is 10.5 Å². The zero-order valence-corrected chi connectivity index (χ0v) is 9.40. The third-order valence-electron chi connectivity index (χ3n) is 1.98. The van der Waals surface area contributed by atoms with Crippen LogP contribution in [-0.4, -0.2) is 19.7 Å². The smallest absolute Gasteiger partial charge is 0.332 e. The van der Waals surface area contributed by atoms with Crippen LogP contribution in [-0.2, 0) is 9.53 Å². The highest BCUT2D eigenvalue weighted by Crippen LogP contribution is 2.22. The Morgan fingerprint density at radius 3 is 2.75 bits per heavy atom. The van der Waals surface area contributed by atoms with Crippen molar-refractivity contribution in [1.82, 2.24) is 0 Å². The van der Waals surface area contributed by atoms with E-state index in [9.17, 15) is 4.79 Å². The van der Waals surface area contributed by atoms with E-state index in [0.29, 0.717) is 23.6 Å². The van der Waals surface area contributed by atoms with E-state index in [2.05, 4.69) is 0 Å². The number of esters is 1. The molecule has 0 heterocycles. The molecule has 4 nitrogen and oxygen atoms in total. The largest absolute Gasteiger partial charge is 0.496 e. The highest BCUT2D eigenvalue weighted by Gasteiger charge is 2.06. The van der Waals surface area contributed by atoms with Crippen molar-refractivity contribution >= 4 is 11.7 Å². The molecular formula is C12H15NO3. The van der Waals surface area contributed by atoms with E-state index in [0.717, 1.165) is 0 Å². The van der Waals surface area contributed by atoms with Crippen molar-refractivity contribution in [2.75, 3.05) is 13.7 Å². The van der Waals surface area contributed by atoms with Crippen LogP contribution in [0.1, 0.15) is 12.5 Å².